The standard InChI is InChI=1S/C20H26N2O6S/c1-14-11-18(15(2)22(14)9-6-10-27-3)19(23)13-28-20(24)16-7-5-8-17(12-16)21-29(4,25)26/h5,7-8,11-12,21H,6,9-10,13H2,1-4H3. The Morgan fingerprint density at radius 2 is 1.90 bits per heavy atom. The van der Waals surface area contributed by atoms with Gasteiger partial charge in [0.15, 0.2) is 6.61 Å². The van der Waals surface area contributed by atoms with Crippen molar-refractivity contribution in [2.45, 2.75) is 26.8 Å². The zero-order valence-corrected chi connectivity index (χ0v) is 17.8. The van der Waals surface area contributed by atoms with Gasteiger partial charge in [-0.2, -0.15) is 0 Å². The van der Waals surface area contributed by atoms with Crippen molar-refractivity contribution >= 4 is 27.5 Å². The van der Waals surface area contributed by atoms with E-state index in [9.17, 15) is 18.0 Å². The summed E-state index contributed by atoms with van der Waals surface area (Å²) in [6.07, 6.45) is 1.84. The molecule has 1 heterocycles. The molecule has 158 valence electrons. The summed E-state index contributed by atoms with van der Waals surface area (Å²) in [5.74, 6) is -1.00. The Morgan fingerprint density at radius 3 is 2.55 bits per heavy atom. The van der Waals surface area contributed by atoms with Crippen LogP contribution in [0.5, 0.6) is 0 Å². The molecule has 2 aromatic rings. The van der Waals surface area contributed by atoms with Gasteiger partial charge in [-0.25, -0.2) is 13.2 Å². The first-order valence-electron chi connectivity index (χ1n) is 9.06. The van der Waals surface area contributed by atoms with E-state index in [1.54, 1.807) is 13.2 Å². The van der Waals surface area contributed by atoms with Crippen molar-refractivity contribution in [3.8, 4) is 0 Å². The summed E-state index contributed by atoms with van der Waals surface area (Å²) in [7, 11) is -1.82. The summed E-state index contributed by atoms with van der Waals surface area (Å²) < 4.78 is 37.2. The summed E-state index contributed by atoms with van der Waals surface area (Å²) >= 11 is 0. The number of aromatic nitrogens is 1. The van der Waals surface area contributed by atoms with Crippen molar-refractivity contribution in [2.75, 3.05) is 31.3 Å². The highest BCUT2D eigenvalue weighted by Crippen LogP contribution is 2.17. The molecule has 0 spiro atoms. The Bertz CT molecular complexity index is 994. The molecule has 9 heteroatoms. The molecular formula is C20H26N2O6S. The summed E-state index contributed by atoms with van der Waals surface area (Å²) in [6, 6.07) is 7.67. The Kier molecular flexibility index (Phi) is 7.58. The van der Waals surface area contributed by atoms with Crippen LogP contribution in [0.15, 0.2) is 30.3 Å². The maximum Gasteiger partial charge on any atom is 0.338 e. The van der Waals surface area contributed by atoms with Crippen LogP contribution in [0.25, 0.3) is 0 Å². The Labute approximate surface area is 170 Å². The van der Waals surface area contributed by atoms with Gasteiger partial charge in [-0.05, 0) is 44.5 Å². The van der Waals surface area contributed by atoms with E-state index in [4.69, 9.17) is 9.47 Å². The highest BCUT2D eigenvalue weighted by Gasteiger charge is 2.18. The quantitative estimate of drug-likeness (QED) is 0.359. The third kappa shape index (κ3) is 6.43. The van der Waals surface area contributed by atoms with E-state index in [0.29, 0.717) is 12.2 Å². The van der Waals surface area contributed by atoms with E-state index in [-0.39, 0.29) is 17.0 Å². The van der Waals surface area contributed by atoms with Gasteiger partial charge < -0.3 is 14.0 Å². The van der Waals surface area contributed by atoms with Crippen LogP contribution in [0.2, 0.25) is 0 Å². The third-order valence-corrected chi connectivity index (χ3v) is 4.95. The molecule has 0 atom stereocenters. The molecule has 1 N–H and O–H groups in total. The van der Waals surface area contributed by atoms with Crippen molar-refractivity contribution in [1.29, 1.82) is 0 Å². The second-order valence-electron chi connectivity index (χ2n) is 6.74. The number of nitrogens with zero attached hydrogens (tertiary/aromatic N) is 1. The van der Waals surface area contributed by atoms with E-state index < -0.39 is 22.6 Å². The number of rotatable bonds is 10. The van der Waals surface area contributed by atoms with Crippen molar-refractivity contribution < 1.29 is 27.5 Å². The molecule has 0 saturated heterocycles. The average molecular weight is 423 g/mol. The number of sulfonamides is 1. The van der Waals surface area contributed by atoms with Crippen LogP contribution >= 0.6 is 0 Å². The van der Waals surface area contributed by atoms with E-state index >= 15 is 0 Å². The Morgan fingerprint density at radius 1 is 1.17 bits per heavy atom. The van der Waals surface area contributed by atoms with Crippen LogP contribution in [-0.2, 0) is 26.0 Å². The predicted molar refractivity (Wildman–Crippen MR) is 110 cm³/mol. The van der Waals surface area contributed by atoms with Gasteiger partial charge >= 0.3 is 5.97 Å². The van der Waals surface area contributed by atoms with Gasteiger partial charge in [0, 0.05) is 42.9 Å². The van der Waals surface area contributed by atoms with E-state index in [1.807, 2.05) is 18.4 Å². The number of anilines is 1. The van der Waals surface area contributed by atoms with Gasteiger partial charge in [-0.3, -0.25) is 9.52 Å². The monoisotopic (exact) mass is 422 g/mol. The van der Waals surface area contributed by atoms with Crippen LogP contribution in [0, 0.1) is 13.8 Å². The lowest BCUT2D eigenvalue weighted by atomic mass is 10.1. The van der Waals surface area contributed by atoms with Crippen LogP contribution in [0.1, 0.15) is 38.5 Å². The van der Waals surface area contributed by atoms with Crippen molar-refractivity contribution in [3.05, 3.63) is 52.8 Å². The molecule has 0 aliphatic carbocycles. The molecule has 0 bridgehead atoms. The van der Waals surface area contributed by atoms with Gasteiger partial charge in [0.05, 0.1) is 11.8 Å². The summed E-state index contributed by atoms with van der Waals surface area (Å²) in [5.41, 5.74) is 2.68. The third-order valence-electron chi connectivity index (χ3n) is 4.34. The molecule has 0 aliphatic rings. The molecule has 2 rings (SSSR count). The van der Waals surface area contributed by atoms with Gasteiger partial charge in [0.25, 0.3) is 0 Å². The maximum absolute atomic E-state index is 12.5. The molecule has 0 aliphatic heterocycles. The number of methoxy groups -OCH3 is 1. The number of hydrogen-bond donors (Lipinski definition) is 1. The number of carbonyl (C=O) groups is 2. The molecule has 1 aromatic heterocycles. The van der Waals surface area contributed by atoms with E-state index in [0.717, 1.165) is 30.6 Å². The van der Waals surface area contributed by atoms with Crippen LogP contribution in [0.4, 0.5) is 5.69 Å². The molecule has 0 amide bonds. The molecule has 0 unspecified atom stereocenters. The number of Topliss-reactive ketones (excluding diaryl/α,β-unsaturated/α-hetero) is 1. The lowest BCUT2D eigenvalue weighted by molar-refractivity contribution is 0.0474. The van der Waals surface area contributed by atoms with Crippen molar-refractivity contribution in [2.24, 2.45) is 0 Å². The summed E-state index contributed by atoms with van der Waals surface area (Å²) in [4.78, 5) is 24.8. The number of carbonyl (C=O) groups excluding carboxylic acids is 2. The van der Waals surface area contributed by atoms with Crippen molar-refractivity contribution in [3.63, 3.8) is 0 Å². The second kappa shape index (κ2) is 9.71. The molecular weight excluding hydrogens is 396 g/mol. The van der Waals surface area contributed by atoms with Gasteiger partial charge in [0.1, 0.15) is 0 Å². The first-order chi connectivity index (χ1) is 13.6. The number of ether oxygens (including phenoxy) is 2. The number of ketones is 1. The minimum atomic E-state index is -3.46. The lowest BCUT2D eigenvalue weighted by Crippen LogP contribution is -2.16. The van der Waals surface area contributed by atoms with Crippen LogP contribution < -0.4 is 4.72 Å². The fourth-order valence-corrected chi connectivity index (χ4v) is 3.57. The van der Waals surface area contributed by atoms with Gasteiger partial charge in [0.2, 0.25) is 15.8 Å². The number of nitrogens with one attached hydrogen (secondary N) is 1. The first kappa shape index (κ1) is 22.6. The Hall–Kier alpha value is -2.65. The molecule has 1 aromatic carbocycles. The molecule has 0 fully saturated rings. The molecule has 29 heavy (non-hydrogen) atoms. The molecule has 0 radical (unpaired) electrons. The smallest absolute Gasteiger partial charge is 0.338 e. The number of hydrogen-bond acceptors (Lipinski definition) is 6. The maximum atomic E-state index is 12.5. The number of aryl methyl sites for hydroxylation is 1. The highest BCUT2D eigenvalue weighted by molar-refractivity contribution is 7.92. The number of esters is 1. The SMILES string of the molecule is COCCCn1c(C)cc(C(=O)COC(=O)c2cccc(NS(C)(=O)=O)c2)c1C. The van der Waals surface area contributed by atoms with Crippen LogP contribution in [0.3, 0.4) is 0 Å². The van der Waals surface area contributed by atoms with Gasteiger partial charge in [-0.15, -0.1) is 0 Å². The fourth-order valence-electron chi connectivity index (χ4n) is 3.01. The first-order valence-corrected chi connectivity index (χ1v) is 11.0. The lowest BCUT2D eigenvalue weighted by Gasteiger charge is -2.09. The van der Waals surface area contributed by atoms with Gasteiger partial charge in [-0.1, -0.05) is 6.07 Å². The highest BCUT2D eigenvalue weighted by atomic mass is 32.2. The Balaban J connectivity index is 2.03. The fraction of sp³-hybridized carbons (Fsp3) is 0.400. The molecule has 8 nitrogen and oxygen atoms in total. The van der Waals surface area contributed by atoms with Crippen molar-refractivity contribution in [1.82, 2.24) is 4.57 Å². The second-order valence-corrected chi connectivity index (χ2v) is 8.49. The normalized spacial score (nSPS) is 11.3. The van der Waals surface area contributed by atoms with E-state index in [1.165, 1.54) is 24.3 Å². The average Bonchev–Trinajstić information content (AvgIpc) is 2.93. The number of benzene rings is 1. The minimum absolute atomic E-state index is 0.150. The zero-order chi connectivity index (χ0) is 21.6. The minimum Gasteiger partial charge on any atom is -0.454 e. The van der Waals surface area contributed by atoms with E-state index in [2.05, 4.69) is 4.72 Å². The largest absolute Gasteiger partial charge is 0.454 e. The predicted octanol–water partition coefficient (Wildman–Crippen LogP) is 2.55. The molecule has 0 saturated carbocycles. The summed E-state index contributed by atoms with van der Waals surface area (Å²) in [5, 5.41) is 0. The summed E-state index contributed by atoms with van der Waals surface area (Å²) in [6.45, 7) is 4.74. The van der Waals surface area contributed by atoms with Crippen LogP contribution in [-0.4, -0.2) is 51.3 Å². The topological polar surface area (TPSA) is 104 Å². The zero-order valence-electron chi connectivity index (χ0n) is 17.0.